The molecule has 2 N–H and O–H groups in total. The molecule has 37 heavy (non-hydrogen) atoms. The second-order valence-electron chi connectivity index (χ2n) is 11.0. The van der Waals surface area contributed by atoms with Gasteiger partial charge >= 0.3 is 5.97 Å². The number of hydrogen-bond donors (Lipinski definition) is 2. The second kappa shape index (κ2) is 25.4. The fourth-order valence-electron chi connectivity index (χ4n) is 4.70. The maximum atomic E-state index is 12.0. The highest BCUT2D eigenvalue weighted by Crippen LogP contribution is 2.24. The standard InChI is InChI=1S/C32H62O5/c1-5-7-9-11-12-13-14-15-16-17-18-19-20-21-23-25-27-36-30(26-24-22-10-8-6-2)32(35,28-33)37-31(34)29(3)4/h30,33,35H,3,5-28H2,1-2,4H3. The van der Waals surface area contributed by atoms with Crippen molar-refractivity contribution in [2.45, 2.75) is 174 Å². The van der Waals surface area contributed by atoms with E-state index < -0.39 is 24.5 Å². The summed E-state index contributed by atoms with van der Waals surface area (Å²) >= 11 is 0. The molecule has 0 spiro atoms. The number of carbonyl (C=O) groups is 1. The Kier molecular flexibility index (Phi) is 24.7. The molecule has 0 aromatic rings. The number of unbranched alkanes of at least 4 members (excludes halogenated alkanes) is 19. The van der Waals surface area contributed by atoms with Crippen LogP contribution in [0.25, 0.3) is 0 Å². The summed E-state index contributed by atoms with van der Waals surface area (Å²) in [6.45, 7) is 9.34. The van der Waals surface area contributed by atoms with Crippen LogP contribution in [0.3, 0.4) is 0 Å². The van der Waals surface area contributed by atoms with Crippen LogP contribution in [0, 0.1) is 0 Å². The zero-order chi connectivity index (χ0) is 27.6. The van der Waals surface area contributed by atoms with Gasteiger partial charge in [0.2, 0.25) is 0 Å². The van der Waals surface area contributed by atoms with Crippen molar-refractivity contribution in [2.24, 2.45) is 0 Å². The van der Waals surface area contributed by atoms with Gasteiger partial charge in [-0.1, -0.05) is 149 Å². The summed E-state index contributed by atoms with van der Waals surface area (Å²) in [6, 6.07) is 0. The number of aliphatic hydroxyl groups excluding tert-OH is 1. The molecule has 0 radical (unpaired) electrons. The lowest BCUT2D eigenvalue weighted by Crippen LogP contribution is -2.51. The molecule has 0 bridgehead atoms. The van der Waals surface area contributed by atoms with Crippen molar-refractivity contribution < 1.29 is 24.5 Å². The van der Waals surface area contributed by atoms with Gasteiger partial charge in [0, 0.05) is 12.2 Å². The first-order valence-electron chi connectivity index (χ1n) is 15.7. The summed E-state index contributed by atoms with van der Waals surface area (Å²) in [6.07, 6.45) is 26.2. The molecule has 0 heterocycles. The third-order valence-electron chi connectivity index (χ3n) is 7.23. The molecule has 0 saturated heterocycles. The number of esters is 1. The van der Waals surface area contributed by atoms with Crippen LogP contribution in [0.1, 0.15) is 162 Å². The van der Waals surface area contributed by atoms with Crippen molar-refractivity contribution in [1.82, 2.24) is 0 Å². The first-order valence-corrected chi connectivity index (χ1v) is 15.7. The van der Waals surface area contributed by atoms with Crippen LogP contribution in [0.5, 0.6) is 0 Å². The van der Waals surface area contributed by atoms with Crippen LogP contribution in [-0.2, 0) is 14.3 Å². The monoisotopic (exact) mass is 526 g/mol. The van der Waals surface area contributed by atoms with Gasteiger partial charge in [-0.2, -0.15) is 0 Å². The Bertz CT molecular complexity index is 535. The SMILES string of the molecule is C=C(C)C(=O)OC(O)(CO)C(CCCCCCC)OCCCCCCCCCCCCCCCCCC. The maximum absolute atomic E-state index is 12.0. The molecule has 5 heteroatoms. The number of carbonyl (C=O) groups excluding carboxylic acids is 1. The van der Waals surface area contributed by atoms with Gasteiger partial charge in [0.15, 0.2) is 0 Å². The number of hydrogen-bond acceptors (Lipinski definition) is 5. The highest BCUT2D eigenvalue weighted by Gasteiger charge is 2.41. The average molecular weight is 527 g/mol. The molecule has 2 atom stereocenters. The molecule has 0 aliphatic carbocycles. The van der Waals surface area contributed by atoms with E-state index in [9.17, 15) is 15.0 Å². The molecule has 2 unspecified atom stereocenters. The average Bonchev–Trinajstić information content (AvgIpc) is 2.88. The summed E-state index contributed by atoms with van der Waals surface area (Å²) in [7, 11) is 0. The molecule has 220 valence electrons. The Balaban J connectivity index is 4.04. The molecular weight excluding hydrogens is 464 g/mol. The number of ether oxygens (including phenoxy) is 2. The maximum Gasteiger partial charge on any atom is 0.335 e. The van der Waals surface area contributed by atoms with Gasteiger partial charge in [0.25, 0.3) is 5.79 Å². The highest BCUT2D eigenvalue weighted by atomic mass is 16.7. The van der Waals surface area contributed by atoms with Crippen LogP contribution in [0.4, 0.5) is 0 Å². The van der Waals surface area contributed by atoms with Crippen molar-refractivity contribution >= 4 is 5.97 Å². The summed E-state index contributed by atoms with van der Waals surface area (Å²) in [5.74, 6) is -2.74. The number of aliphatic hydroxyl groups is 2. The molecule has 5 nitrogen and oxygen atoms in total. The predicted molar refractivity (Wildman–Crippen MR) is 156 cm³/mol. The Morgan fingerprint density at radius 1 is 0.703 bits per heavy atom. The van der Waals surface area contributed by atoms with Crippen LogP contribution in [0.2, 0.25) is 0 Å². The van der Waals surface area contributed by atoms with Gasteiger partial charge in [-0.3, -0.25) is 0 Å². The van der Waals surface area contributed by atoms with Gasteiger partial charge in [0.1, 0.15) is 12.7 Å². The minimum atomic E-state index is -2.03. The Morgan fingerprint density at radius 2 is 1.08 bits per heavy atom. The van der Waals surface area contributed by atoms with E-state index in [0.29, 0.717) is 13.0 Å². The molecule has 0 saturated carbocycles. The number of rotatable bonds is 28. The van der Waals surface area contributed by atoms with E-state index in [0.717, 1.165) is 38.5 Å². The van der Waals surface area contributed by atoms with Gasteiger partial charge < -0.3 is 19.7 Å². The van der Waals surface area contributed by atoms with E-state index in [1.54, 1.807) is 0 Å². The molecule has 0 aromatic carbocycles. The second-order valence-corrected chi connectivity index (χ2v) is 11.0. The summed E-state index contributed by atoms with van der Waals surface area (Å²) < 4.78 is 11.2. The minimum Gasteiger partial charge on any atom is -0.424 e. The Labute approximate surface area is 229 Å². The third kappa shape index (κ3) is 20.7. The normalized spacial score (nSPS) is 13.9. The lowest BCUT2D eigenvalue weighted by Gasteiger charge is -2.34. The van der Waals surface area contributed by atoms with E-state index in [4.69, 9.17) is 9.47 Å². The topological polar surface area (TPSA) is 76.0 Å². The molecule has 0 fully saturated rings. The predicted octanol–water partition coefficient (Wildman–Crippen LogP) is 8.79. The molecule has 0 aliphatic rings. The molecule has 0 aromatic heterocycles. The van der Waals surface area contributed by atoms with Crippen LogP contribution in [0.15, 0.2) is 12.2 Å². The minimum absolute atomic E-state index is 0.186. The zero-order valence-electron chi connectivity index (χ0n) is 24.9. The van der Waals surface area contributed by atoms with E-state index in [2.05, 4.69) is 20.4 Å². The van der Waals surface area contributed by atoms with E-state index in [1.165, 1.54) is 103 Å². The molecule has 0 amide bonds. The van der Waals surface area contributed by atoms with E-state index in [-0.39, 0.29) is 5.57 Å². The molecule has 0 aliphatic heterocycles. The van der Waals surface area contributed by atoms with Crippen molar-refractivity contribution in [2.75, 3.05) is 13.2 Å². The third-order valence-corrected chi connectivity index (χ3v) is 7.23. The summed E-state index contributed by atoms with van der Waals surface area (Å²) in [5, 5.41) is 20.7. The van der Waals surface area contributed by atoms with Gasteiger partial charge in [0.05, 0.1) is 0 Å². The first-order chi connectivity index (χ1) is 17.9. The Morgan fingerprint density at radius 3 is 1.46 bits per heavy atom. The van der Waals surface area contributed by atoms with Crippen LogP contribution < -0.4 is 0 Å². The Hall–Kier alpha value is -0.910. The lowest BCUT2D eigenvalue weighted by atomic mass is 10.0. The van der Waals surface area contributed by atoms with Gasteiger partial charge in [-0.25, -0.2) is 4.79 Å². The van der Waals surface area contributed by atoms with Crippen LogP contribution >= 0.6 is 0 Å². The molecule has 0 rings (SSSR count). The largest absolute Gasteiger partial charge is 0.424 e. The fraction of sp³-hybridized carbons (Fsp3) is 0.906. The van der Waals surface area contributed by atoms with Crippen LogP contribution in [-0.4, -0.2) is 41.3 Å². The van der Waals surface area contributed by atoms with Gasteiger partial charge in [-0.05, 0) is 19.8 Å². The van der Waals surface area contributed by atoms with Crippen molar-refractivity contribution in [1.29, 1.82) is 0 Å². The first kappa shape index (κ1) is 36.1. The quantitative estimate of drug-likeness (QED) is 0.0461. The molecular formula is C32H62O5. The smallest absolute Gasteiger partial charge is 0.335 e. The summed E-state index contributed by atoms with van der Waals surface area (Å²) in [5.41, 5.74) is 0.186. The fourth-order valence-corrected chi connectivity index (χ4v) is 4.70. The summed E-state index contributed by atoms with van der Waals surface area (Å²) in [4.78, 5) is 12.0. The highest BCUT2D eigenvalue weighted by molar-refractivity contribution is 5.87. The van der Waals surface area contributed by atoms with Crippen molar-refractivity contribution in [3.05, 3.63) is 12.2 Å². The van der Waals surface area contributed by atoms with Crippen molar-refractivity contribution in [3.8, 4) is 0 Å². The van der Waals surface area contributed by atoms with E-state index in [1.807, 2.05) is 0 Å². The van der Waals surface area contributed by atoms with Crippen molar-refractivity contribution in [3.63, 3.8) is 0 Å². The van der Waals surface area contributed by atoms with Gasteiger partial charge in [-0.15, -0.1) is 0 Å². The zero-order valence-corrected chi connectivity index (χ0v) is 24.9. The van der Waals surface area contributed by atoms with E-state index >= 15 is 0 Å². The lowest BCUT2D eigenvalue weighted by molar-refractivity contribution is -0.269.